The second kappa shape index (κ2) is 4.23. The number of hydrogen-bond donors (Lipinski definition) is 1. The first-order chi connectivity index (χ1) is 5.33. The number of nitrogens with two attached hydrogens (primary N) is 1. The number of pyridine rings is 1. The number of nitrogen functional groups attached to an aromatic ring is 1. The van der Waals surface area contributed by atoms with E-state index in [0.29, 0.717) is 0 Å². The van der Waals surface area contributed by atoms with E-state index in [1.807, 2.05) is 6.07 Å². The molecule has 0 aromatic carbocycles. The molecule has 0 bridgehead atoms. The molecule has 1 aromatic heterocycles. The largest absolute Gasteiger partial charge is 0.399 e. The molecule has 0 aliphatic heterocycles. The summed E-state index contributed by atoms with van der Waals surface area (Å²) in [7, 11) is 0. The van der Waals surface area contributed by atoms with Gasteiger partial charge in [0.05, 0.1) is 5.03 Å². The maximum Gasteiger partial charge on any atom is 0.0980 e. The van der Waals surface area contributed by atoms with Gasteiger partial charge in [-0.3, -0.25) is 0 Å². The fourth-order valence-corrected chi connectivity index (χ4v) is 1.48. The average molecular weight is 168 g/mol. The van der Waals surface area contributed by atoms with Crippen LogP contribution in [-0.4, -0.2) is 10.7 Å². The van der Waals surface area contributed by atoms with Gasteiger partial charge in [0.25, 0.3) is 0 Å². The number of thioether (sulfide) groups is 1. The van der Waals surface area contributed by atoms with Crippen LogP contribution in [-0.2, 0) is 0 Å². The normalized spacial score (nSPS) is 9.91. The van der Waals surface area contributed by atoms with Gasteiger partial charge in [0.1, 0.15) is 0 Å². The van der Waals surface area contributed by atoms with E-state index in [2.05, 4.69) is 11.9 Å². The fraction of sp³-hybridized carbons (Fsp3) is 0.375. The van der Waals surface area contributed by atoms with Crippen molar-refractivity contribution < 1.29 is 0 Å². The van der Waals surface area contributed by atoms with Gasteiger partial charge < -0.3 is 5.73 Å². The van der Waals surface area contributed by atoms with Gasteiger partial charge in [-0.2, -0.15) is 0 Å². The van der Waals surface area contributed by atoms with Crippen LogP contribution in [0.25, 0.3) is 0 Å². The molecule has 0 amide bonds. The van der Waals surface area contributed by atoms with Crippen LogP contribution in [0.5, 0.6) is 0 Å². The van der Waals surface area contributed by atoms with Gasteiger partial charge in [0, 0.05) is 11.9 Å². The molecular formula is C8H12N2S. The second-order valence-corrected chi connectivity index (χ2v) is 3.39. The third-order valence-corrected chi connectivity index (χ3v) is 2.34. The van der Waals surface area contributed by atoms with Crippen molar-refractivity contribution >= 4 is 17.4 Å². The minimum atomic E-state index is 0.790. The zero-order chi connectivity index (χ0) is 8.10. The summed E-state index contributed by atoms with van der Waals surface area (Å²) in [4.78, 5) is 4.16. The van der Waals surface area contributed by atoms with E-state index >= 15 is 0 Å². The molecule has 0 saturated heterocycles. The molecule has 0 spiro atoms. The van der Waals surface area contributed by atoms with Gasteiger partial charge >= 0.3 is 0 Å². The SMILES string of the molecule is CCCSc1cc(N)ccn1. The van der Waals surface area contributed by atoms with E-state index in [1.165, 1.54) is 6.42 Å². The molecule has 0 unspecified atom stereocenters. The first kappa shape index (κ1) is 8.40. The van der Waals surface area contributed by atoms with Gasteiger partial charge in [-0.05, 0) is 24.3 Å². The van der Waals surface area contributed by atoms with Crippen LogP contribution in [0.4, 0.5) is 5.69 Å². The summed E-state index contributed by atoms with van der Waals surface area (Å²) >= 11 is 1.74. The van der Waals surface area contributed by atoms with E-state index in [-0.39, 0.29) is 0 Å². The summed E-state index contributed by atoms with van der Waals surface area (Å²) in [6.45, 7) is 2.15. The van der Waals surface area contributed by atoms with Gasteiger partial charge in [-0.1, -0.05) is 6.92 Å². The smallest absolute Gasteiger partial charge is 0.0980 e. The fourth-order valence-electron chi connectivity index (χ4n) is 0.710. The molecule has 1 aromatic rings. The van der Waals surface area contributed by atoms with Crippen molar-refractivity contribution in [2.24, 2.45) is 0 Å². The molecular weight excluding hydrogens is 156 g/mol. The van der Waals surface area contributed by atoms with Crippen LogP contribution in [0.2, 0.25) is 0 Å². The number of nitrogens with zero attached hydrogens (tertiary/aromatic N) is 1. The monoisotopic (exact) mass is 168 g/mol. The van der Waals surface area contributed by atoms with Gasteiger partial charge in [-0.25, -0.2) is 4.98 Å². The number of hydrogen-bond acceptors (Lipinski definition) is 3. The molecule has 0 atom stereocenters. The number of rotatable bonds is 3. The van der Waals surface area contributed by atoms with Crippen molar-refractivity contribution in [2.45, 2.75) is 18.4 Å². The summed E-state index contributed by atoms with van der Waals surface area (Å²) in [5.41, 5.74) is 6.37. The van der Waals surface area contributed by atoms with Crippen molar-refractivity contribution in [3.05, 3.63) is 18.3 Å². The quantitative estimate of drug-likeness (QED) is 0.703. The van der Waals surface area contributed by atoms with Crippen molar-refractivity contribution in [1.29, 1.82) is 0 Å². The van der Waals surface area contributed by atoms with E-state index in [1.54, 1.807) is 24.0 Å². The molecule has 0 radical (unpaired) electrons. The lowest BCUT2D eigenvalue weighted by Gasteiger charge is -1.98. The summed E-state index contributed by atoms with van der Waals surface area (Å²) in [5.74, 6) is 1.11. The summed E-state index contributed by atoms with van der Waals surface area (Å²) in [6.07, 6.45) is 2.91. The van der Waals surface area contributed by atoms with Crippen LogP contribution < -0.4 is 5.73 Å². The lowest BCUT2D eigenvalue weighted by atomic mass is 10.4. The van der Waals surface area contributed by atoms with Crippen LogP contribution in [0.1, 0.15) is 13.3 Å². The van der Waals surface area contributed by atoms with Crippen molar-refractivity contribution in [3.8, 4) is 0 Å². The van der Waals surface area contributed by atoms with E-state index in [0.717, 1.165) is 16.5 Å². The Labute approximate surface area is 71.2 Å². The summed E-state index contributed by atoms with van der Waals surface area (Å²) in [5, 5.41) is 1.02. The zero-order valence-corrected chi connectivity index (χ0v) is 7.40. The molecule has 0 fully saturated rings. The number of aromatic nitrogens is 1. The number of anilines is 1. The van der Waals surface area contributed by atoms with Crippen molar-refractivity contribution in [2.75, 3.05) is 11.5 Å². The first-order valence-electron chi connectivity index (χ1n) is 3.67. The highest BCUT2D eigenvalue weighted by atomic mass is 32.2. The lowest BCUT2D eigenvalue weighted by molar-refractivity contribution is 1.08. The van der Waals surface area contributed by atoms with Crippen LogP contribution in [0.3, 0.4) is 0 Å². The zero-order valence-electron chi connectivity index (χ0n) is 6.58. The van der Waals surface area contributed by atoms with Crippen molar-refractivity contribution in [1.82, 2.24) is 4.98 Å². The molecule has 1 rings (SSSR count). The highest BCUT2D eigenvalue weighted by Crippen LogP contribution is 2.17. The Kier molecular flexibility index (Phi) is 3.23. The van der Waals surface area contributed by atoms with Crippen molar-refractivity contribution in [3.63, 3.8) is 0 Å². The first-order valence-corrected chi connectivity index (χ1v) is 4.66. The maximum absolute atomic E-state index is 5.58. The molecule has 0 aliphatic rings. The molecule has 60 valence electrons. The molecule has 1 heterocycles. The molecule has 3 heteroatoms. The Hall–Kier alpha value is -0.700. The average Bonchev–Trinajstić information content (AvgIpc) is 2.01. The van der Waals surface area contributed by atoms with Crippen LogP contribution >= 0.6 is 11.8 Å². The van der Waals surface area contributed by atoms with Gasteiger partial charge in [-0.15, -0.1) is 11.8 Å². The molecule has 2 nitrogen and oxygen atoms in total. The second-order valence-electron chi connectivity index (χ2n) is 2.28. The van der Waals surface area contributed by atoms with Crippen LogP contribution in [0, 0.1) is 0 Å². The van der Waals surface area contributed by atoms with Gasteiger partial charge in [0.2, 0.25) is 0 Å². The highest BCUT2D eigenvalue weighted by Gasteiger charge is 1.93. The Morgan fingerprint density at radius 2 is 2.45 bits per heavy atom. The minimum absolute atomic E-state index is 0.790. The highest BCUT2D eigenvalue weighted by molar-refractivity contribution is 7.99. The Morgan fingerprint density at radius 3 is 3.09 bits per heavy atom. The van der Waals surface area contributed by atoms with E-state index in [9.17, 15) is 0 Å². The molecule has 0 saturated carbocycles. The Morgan fingerprint density at radius 1 is 1.64 bits per heavy atom. The molecule has 0 aliphatic carbocycles. The predicted octanol–water partition coefficient (Wildman–Crippen LogP) is 2.17. The summed E-state index contributed by atoms with van der Waals surface area (Å²) in [6, 6.07) is 3.70. The molecule has 2 N–H and O–H groups in total. The van der Waals surface area contributed by atoms with Gasteiger partial charge in [0.15, 0.2) is 0 Å². The molecule has 11 heavy (non-hydrogen) atoms. The maximum atomic E-state index is 5.58. The Bertz CT molecular complexity index is 225. The Balaban J connectivity index is 2.56. The summed E-state index contributed by atoms with van der Waals surface area (Å²) < 4.78 is 0. The van der Waals surface area contributed by atoms with Crippen LogP contribution in [0.15, 0.2) is 23.4 Å². The third-order valence-electron chi connectivity index (χ3n) is 1.21. The third kappa shape index (κ3) is 2.80. The van der Waals surface area contributed by atoms with E-state index in [4.69, 9.17) is 5.73 Å². The minimum Gasteiger partial charge on any atom is -0.399 e. The lowest BCUT2D eigenvalue weighted by Crippen LogP contribution is -1.87. The topological polar surface area (TPSA) is 38.9 Å². The van der Waals surface area contributed by atoms with E-state index < -0.39 is 0 Å². The predicted molar refractivity (Wildman–Crippen MR) is 49.7 cm³/mol. The standard InChI is InChI=1S/C8H12N2S/c1-2-5-11-8-6-7(9)3-4-10-8/h3-4,6H,2,5H2,1H3,(H2,9,10).